The second-order valence-corrected chi connectivity index (χ2v) is 3.47. The third-order valence-electron chi connectivity index (χ3n) is 2.15. The second kappa shape index (κ2) is 5.85. The summed E-state index contributed by atoms with van der Waals surface area (Å²) in [5, 5.41) is 0. The lowest BCUT2D eigenvalue weighted by molar-refractivity contribution is -0.138. The van der Waals surface area contributed by atoms with E-state index in [4.69, 9.17) is 4.74 Å². The third-order valence-corrected chi connectivity index (χ3v) is 2.15. The number of rotatable bonds is 5. The van der Waals surface area contributed by atoms with Crippen molar-refractivity contribution in [3.63, 3.8) is 0 Å². The minimum Gasteiger partial charge on any atom is -0.462 e. The maximum Gasteiger partial charge on any atom is 0.330 e. The van der Waals surface area contributed by atoms with Crippen LogP contribution >= 0.6 is 0 Å². The summed E-state index contributed by atoms with van der Waals surface area (Å²) in [6.07, 6.45) is 1.08. The lowest BCUT2D eigenvalue weighted by atomic mass is 10.0. The second-order valence-electron chi connectivity index (χ2n) is 3.47. The summed E-state index contributed by atoms with van der Waals surface area (Å²) in [7, 11) is 0. The monoisotopic (exact) mass is 218 g/mol. The molecule has 0 saturated carbocycles. The molecular formula is C13H14O3. The maximum absolute atomic E-state index is 11.8. The minimum atomic E-state index is -0.507. The number of ketones is 1. The molecule has 0 aliphatic carbocycles. The van der Waals surface area contributed by atoms with Gasteiger partial charge in [-0.25, -0.2) is 4.79 Å². The molecule has 16 heavy (non-hydrogen) atoms. The largest absolute Gasteiger partial charge is 0.462 e. The molecule has 0 saturated heterocycles. The third kappa shape index (κ3) is 3.35. The van der Waals surface area contributed by atoms with Gasteiger partial charge >= 0.3 is 5.97 Å². The molecule has 1 rings (SSSR count). The van der Waals surface area contributed by atoms with Crippen molar-refractivity contribution in [2.45, 2.75) is 6.92 Å². The summed E-state index contributed by atoms with van der Waals surface area (Å²) in [5.74, 6) is -0.878. The van der Waals surface area contributed by atoms with Crippen LogP contribution < -0.4 is 0 Å². The Morgan fingerprint density at radius 3 is 2.56 bits per heavy atom. The highest BCUT2D eigenvalue weighted by atomic mass is 16.5. The molecule has 1 unspecified atom stereocenters. The van der Waals surface area contributed by atoms with Crippen molar-refractivity contribution in [1.82, 2.24) is 0 Å². The van der Waals surface area contributed by atoms with E-state index < -0.39 is 5.97 Å². The van der Waals surface area contributed by atoms with E-state index in [1.54, 1.807) is 31.2 Å². The molecule has 0 aliphatic rings. The number of carbonyl (C=O) groups excluding carboxylic acids is 2. The van der Waals surface area contributed by atoms with Crippen LogP contribution in [0.25, 0.3) is 0 Å². The quantitative estimate of drug-likeness (QED) is 0.432. The number of Topliss-reactive ketones (excluding diaryl/α,β-unsaturated/α-hetero) is 1. The summed E-state index contributed by atoms with van der Waals surface area (Å²) >= 11 is 0. The highest BCUT2D eigenvalue weighted by Gasteiger charge is 2.16. The molecule has 0 aromatic heterocycles. The predicted octanol–water partition coefficient (Wildman–Crippen LogP) is 2.23. The van der Waals surface area contributed by atoms with Gasteiger partial charge in [-0.1, -0.05) is 43.8 Å². The molecule has 0 radical (unpaired) electrons. The smallest absolute Gasteiger partial charge is 0.330 e. The van der Waals surface area contributed by atoms with Crippen molar-refractivity contribution in [3.8, 4) is 0 Å². The van der Waals surface area contributed by atoms with E-state index in [1.165, 1.54) is 0 Å². The molecule has 0 heterocycles. The van der Waals surface area contributed by atoms with E-state index in [2.05, 4.69) is 6.58 Å². The fraction of sp³-hybridized carbons (Fsp3) is 0.231. The van der Waals surface area contributed by atoms with Crippen LogP contribution in [0.1, 0.15) is 17.3 Å². The molecule has 0 fully saturated rings. The van der Waals surface area contributed by atoms with Gasteiger partial charge in [0.1, 0.15) is 6.61 Å². The summed E-state index contributed by atoms with van der Waals surface area (Å²) in [5.41, 5.74) is 0.629. The molecule has 0 spiro atoms. The van der Waals surface area contributed by atoms with Crippen molar-refractivity contribution >= 4 is 11.8 Å². The zero-order valence-corrected chi connectivity index (χ0v) is 9.18. The Hall–Kier alpha value is -1.90. The van der Waals surface area contributed by atoms with Crippen molar-refractivity contribution < 1.29 is 14.3 Å². The molecule has 1 aromatic rings. The average Bonchev–Trinajstić information content (AvgIpc) is 2.35. The Morgan fingerprint density at radius 2 is 2.00 bits per heavy atom. The van der Waals surface area contributed by atoms with Gasteiger partial charge in [0.25, 0.3) is 0 Å². The van der Waals surface area contributed by atoms with Gasteiger partial charge in [0.05, 0.1) is 5.92 Å². The number of esters is 1. The molecule has 0 aliphatic heterocycles. The summed E-state index contributed by atoms with van der Waals surface area (Å²) in [6.45, 7) is 5.09. The van der Waals surface area contributed by atoms with E-state index in [-0.39, 0.29) is 18.3 Å². The van der Waals surface area contributed by atoms with Gasteiger partial charge in [-0.15, -0.1) is 0 Å². The maximum atomic E-state index is 11.8. The standard InChI is InChI=1S/C13H14O3/c1-3-12(14)16-9-10(2)13(15)11-7-5-4-6-8-11/h3-8,10H,1,9H2,2H3. The minimum absolute atomic E-state index is 0.0301. The highest BCUT2D eigenvalue weighted by molar-refractivity contribution is 5.97. The van der Waals surface area contributed by atoms with Crippen LogP contribution in [-0.2, 0) is 9.53 Å². The summed E-state index contributed by atoms with van der Waals surface area (Å²) in [6, 6.07) is 8.94. The average molecular weight is 218 g/mol. The van der Waals surface area contributed by atoms with Crippen LogP contribution in [-0.4, -0.2) is 18.4 Å². The molecule has 1 aromatic carbocycles. The van der Waals surface area contributed by atoms with Gasteiger partial charge in [0.2, 0.25) is 0 Å². The molecule has 1 atom stereocenters. The Bertz CT molecular complexity index is 381. The van der Waals surface area contributed by atoms with Gasteiger partial charge in [-0.05, 0) is 0 Å². The van der Waals surface area contributed by atoms with Crippen LogP contribution in [0.4, 0.5) is 0 Å². The lowest BCUT2D eigenvalue weighted by Crippen LogP contribution is -2.18. The van der Waals surface area contributed by atoms with E-state index in [1.807, 2.05) is 6.07 Å². The number of hydrogen-bond acceptors (Lipinski definition) is 3. The highest BCUT2D eigenvalue weighted by Crippen LogP contribution is 2.08. The predicted molar refractivity (Wildman–Crippen MR) is 61.1 cm³/mol. The Balaban J connectivity index is 2.55. The van der Waals surface area contributed by atoms with E-state index >= 15 is 0 Å². The van der Waals surface area contributed by atoms with E-state index in [0.29, 0.717) is 5.56 Å². The topological polar surface area (TPSA) is 43.4 Å². The molecule has 3 heteroatoms. The zero-order chi connectivity index (χ0) is 12.0. The van der Waals surface area contributed by atoms with Gasteiger partial charge in [-0.2, -0.15) is 0 Å². The molecule has 3 nitrogen and oxygen atoms in total. The van der Waals surface area contributed by atoms with Gasteiger partial charge < -0.3 is 4.74 Å². The first-order valence-electron chi connectivity index (χ1n) is 5.03. The van der Waals surface area contributed by atoms with Gasteiger partial charge in [0.15, 0.2) is 5.78 Å². The van der Waals surface area contributed by atoms with Crippen LogP contribution in [0.5, 0.6) is 0 Å². The Morgan fingerprint density at radius 1 is 1.38 bits per heavy atom. The van der Waals surface area contributed by atoms with Gasteiger partial charge in [0, 0.05) is 11.6 Å². The van der Waals surface area contributed by atoms with Crippen LogP contribution in [0.3, 0.4) is 0 Å². The number of carbonyl (C=O) groups is 2. The fourth-order valence-corrected chi connectivity index (χ4v) is 1.23. The first-order chi connectivity index (χ1) is 7.65. The van der Waals surface area contributed by atoms with E-state index in [0.717, 1.165) is 6.08 Å². The van der Waals surface area contributed by atoms with Crippen LogP contribution in [0, 0.1) is 5.92 Å². The number of benzene rings is 1. The van der Waals surface area contributed by atoms with Crippen molar-refractivity contribution in [1.29, 1.82) is 0 Å². The van der Waals surface area contributed by atoms with Crippen LogP contribution in [0.15, 0.2) is 43.0 Å². The molecule has 0 bridgehead atoms. The fourth-order valence-electron chi connectivity index (χ4n) is 1.23. The van der Waals surface area contributed by atoms with E-state index in [9.17, 15) is 9.59 Å². The molecular weight excluding hydrogens is 204 g/mol. The number of ether oxygens (including phenoxy) is 1. The zero-order valence-electron chi connectivity index (χ0n) is 9.18. The summed E-state index contributed by atoms with van der Waals surface area (Å²) in [4.78, 5) is 22.7. The normalized spacial score (nSPS) is 11.6. The Kier molecular flexibility index (Phi) is 4.45. The van der Waals surface area contributed by atoms with Crippen molar-refractivity contribution in [2.24, 2.45) is 5.92 Å². The van der Waals surface area contributed by atoms with Crippen LogP contribution in [0.2, 0.25) is 0 Å². The van der Waals surface area contributed by atoms with Gasteiger partial charge in [-0.3, -0.25) is 4.79 Å². The summed E-state index contributed by atoms with van der Waals surface area (Å²) < 4.78 is 4.82. The lowest BCUT2D eigenvalue weighted by Gasteiger charge is -2.10. The Labute approximate surface area is 94.7 Å². The SMILES string of the molecule is C=CC(=O)OCC(C)C(=O)c1ccccc1. The van der Waals surface area contributed by atoms with Crippen molar-refractivity contribution in [2.75, 3.05) is 6.61 Å². The van der Waals surface area contributed by atoms with Crippen molar-refractivity contribution in [3.05, 3.63) is 48.6 Å². The molecule has 84 valence electrons. The molecule has 0 N–H and O–H groups in total. The first kappa shape index (κ1) is 12.2. The first-order valence-corrected chi connectivity index (χ1v) is 5.03. The number of hydrogen-bond donors (Lipinski definition) is 0. The molecule has 0 amide bonds.